The normalized spacial score (nSPS) is 27.2. The lowest BCUT2D eigenvalue weighted by molar-refractivity contribution is -0.117. The average Bonchev–Trinajstić information content (AvgIpc) is 1.97. The van der Waals surface area contributed by atoms with Crippen LogP contribution in [-0.2, 0) is 14.6 Å². The molecule has 0 aromatic rings. The summed E-state index contributed by atoms with van der Waals surface area (Å²) in [6.45, 7) is 3.91. The van der Waals surface area contributed by atoms with Gasteiger partial charge in [0.25, 0.3) is 0 Å². The van der Waals surface area contributed by atoms with Gasteiger partial charge in [0.15, 0.2) is 9.84 Å². The molecule has 1 unspecified atom stereocenters. The third-order valence-electron chi connectivity index (χ3n) is 2.81. The molecular formula is C8H14O3S. The summed E-state index contributed by atoms with van der Waals surface area (Å²) in [5.41, 5.74) is -0.562. The second-order valence-corrected chi connectivity index (χ2v) is 5.76. The van der Waals surface area contributed by atoms with Gasteiger partial charge < -0.3 is 4.79 Å². The molecule has 1 aliphatic rings. The summed E-state index contributed by atoms with van der Waals surface area (Å²) in [7, 11) is -2.89. The summed E-state index contributed by atoms with van der Waals surface area (Å²) in [6.07, 6.45) is 1.68. The van der Waals surface area contributed by atoms with Crippen LogP contribution in [0.25, 0.3) is 0 Å². The highest BCUT2D eigenvalue weighted by atomic mass is 32.2. The predicted octanol–water partition coefficient (Wildman–Crippen LogP) is 0.646. The molecule has 70 valence electrons. The molecule has 1 fully saturated rings. The standard InChI is InChI=1S/C8H14O3S/c1-3-7(2)8(4-9)5-12(10,11)6-8/h4,7H,3,5-6H2,1-2H3. The average molecular weight is 190 g/mol. The van der Waals surface area contributed by atoms with Gasteiger partial charge in [0.05, 0.1) is 16.9 Å². The van der Waals surface area contributed by atoms with Crippen LogP contribution >= 0.6 is 0 Å². The molecule has 0 bridgehead atoms. The van der Waals surface area contributed by atoms with Crippen molar-refractivity contribution in [1.29, 1.82) is 0 Å². The minimum atomic E-state index is -2.89. The van der Waals surface area contributed by atoms with Crippen LogP contribution in [0.2, 0.25) is 0 Å². The van der Waals surface area contributed by atoms with Gasteiger partial charge in [-0.3, -0.25) is 0 Å². The Balaban J connectivity index is 2.77. The summed E-state index contributed by atoms with van der Waals surface area (Å²) in [6, 6.07) is 0. The van der Waals surface area contributed by atoms with Crippen LogP contribution in [0.3, 0.4) is 0 Å². The molecule has 0 amide bonds. The van der Waals surface area contributed by atoms with E-state index in [-0.39, 0.29) is 17.4 Å². The monoisotopic (exact) mass is 190 g/mol. The van der Waals surface area contributed by atoms with Gasteiger partial charge in [-0.05, 0) is 5.92 Å². The van der Waals surface area contributed by atoms with Crippen molar-refractivity contribution >= 4 is 16.1 Å². The molecule has 3 nitrogen and oxygen atoms in total. The molecule has 0 spiro atoms. The van der Waals surface area contributed by atoms with E-state index in [2.05, 4.69) is 0 Å². The van der Waals surface area contributed by atoms with E-state index in [9.17, 15) is 13.2 Å². The molecular weight excluding hydrogens is 176 g/mol. The maximum Gasteiger partial charge on any atom is 0.152 e. The van der Waals surface area contributed by atoms with Crippen LogP contribution in [-0.4, -0.2) is 26.2 Å². The number of carbonyl (C=O) groups is 1. The number of hydrogen-bond donors (Lipinski definition) is 0. The Bertz CT molecular complexity index is 267. The van der Waals surface area contributed by atoms with E-state index in [1.165, 1.54) is 0 Å². The van der Waals surface area contributed by atoms with Crippen LogP contribution < -0.4 is 0 Å². The molecule has 0 aliphatic carbocycles. The second-order valence-electron chi connectivity index (χ2n) is 3.69. The van der Waals surface area contributed by atoms with E-state index < -0.39 is 15.3 Å². The van der Waals surface area contributed by atoms with E-state index in [1.54, 1.807) is 0 Å². The Morgan fingerprint density at radius 3 is 2.25 bits per heavy atom. The van der Waals surface area contributed by atoms with Crippen molar-refractivity contribution in [2.45, 2.75) is 20.3 Å². The zero-order valence-electron chi connectivity index (χ0n) is 7.41. The Kier molecular flexibility index (Phi) is 2.29. The molecule has 0 saturated carbocycles. The lowest BCUT2D eigenvalue weighted by atomic mass is 9.79. The lowest BCUT2D eigenvalue weighted by Crippen LogP contribution is -2.53. The zero-order valence-corrected chi connectivity index (χ0v) is 8.23. The van der Waals surface area contributed by atoms with Gasteiger partial charge in [-0.25, -0.2) is 8.42 Å². The van der Waals surface area contributed by atoms with Crippen molar-refractivity contribution in [3.63, 3.8) is 0 Å². The van der Waals surface area contributed by atoms with Crippen molar-refractivity contribution < 1.29 is 13.2 Å². The zero-order chi connectivity index (χ0) is 9.41. The van der Waals surface area contributed by atoms with Crippen LogP contribution in [0.1, 0.15) is 20.3 Å². The first kappa shape index (κ1) is 9.71. The third kappa shape index (κ3) is 1.40. The van der Waals surface area contributed by atoms with Crippen molar-refractivity contribution in [2.24, 2.45) is 11.3 Å². The lowest BCUT2D eigenvalue weighted by Gasteiger charge is -2.40. The minimum Gasteiger partial charge on any atom is -0.303 e. The smallest absolute Gasteiger partial charge is 0.152 e. The Labute approximate surface area is 73.1 Å². The Hall–Kier alpha value is -0.380. The topological polar surface area (TPSA) is 51.2 Å². The van der Waals surface area contributed by atoms with Crippen molar-refractivity contribution in [1.82, 2.24) is 0 Å². The maximum atomic E-state index is 10.9. The highest BCUT2D eigenvalue weighted by Gasteiger charge is 2.51. The van der Waals surface area contributed by atoms with Gasteiger partial charge in [-0.1, -0.05) is 20.3 Å². The van der Waals surface area contributed by atoms with Crippen LogP contribution in [0.5, 0.6) is 0 Å². The molecule has 1 rings (SSSR count). The number of aldehydes is 1. The van der Waals surface area contributed by atoms with Crippen LogP contribution in [0.4, 0.5) is 0 Å². The number of hydrogen-bond acceptors (Lipinski definition) is 3. The van der Waals surface area contributed by atoms with E-state index in [1.807, 2.05) is 13.8 Å². The van der Waals surface area contributed by atoms with Crippen molar-refractivity contribution in [3.05, 3.63) is 0 Å². The molecule has 0 radical (unpaired) electrons. The molecule has 1 atom stereocenters. The van der Waals surface area contributed by atoms with E-state index in [0.29, 0.717) is 0 Å². The molecule has 1 heterocycles. The quantitative estimate of drug-likeness (QED) is 0.614. The maximum absolute atomic E-state index is 10.9. The summed E-state index contributed by atoms with van der Waals surface area (Å²) >= 11 is 0. The SMILES string of the molecule is CCC(C)C1(C=O)CS(=O)(=O)C1. The third-order valence-corrected chi connectivity index (χ3v) is 4.76. The molecule has 1 aliphatic heterocycles. The first-order valence-corrected chi connectivity index (χ1v) is 5.94. The largest absolute Gasteiger partial charge is 0.303 e. The fraction of sp³-hybridized carbons (Fsp3) is 0.875. The van der Waals surface area contributed by atoms with Crippen LogP contribution in [0.15, 0.2) is 0 Å². The summed E-state index contributed by atoms with van der Waals surface area (Å²) in [4.78, 5) is 10.7. The van der Waals surface area contributed by atoms with Gasteiger partial charge in [-0.15, -0.1) is 0 Å². The highest BCUT2D eigenvalue weighted by Crippen LogP contribution is 2.39. The minimum absolute atomic E-state index is 0.0541. The van der Waals surface area contributed by atoms with E-state index in [4.69, 9.17) is 0 Å². The molecule has 0 aromatic heterocycles. The number of sulfone groups is 1. The highest BCUT2D eigenvalue weighted by molar-refractivity contribution is 7.93. The fourth-order valence-electron chi connectivity index (χ4n) is 1.65. The first-order chi connectivity index (χ1) is 5.46. The van der Waals surface area contributed by atoms with Gasteiger partial charge >= 0.3 is 0 Å². The summed E-state index contributed by atoms with van der Waals surface area (Å²) in [5.74, 6) is 0.287. The van der Waals surface area contributed by atoms with Crippen molar-refractivity contribution in [2.75, 3.05) is 11.5 Å². The molecule has 4 heteroatoms. The molecule has 1 saturated heterocycles. The summed E-state index contributed by atoms with van der Waals surface area (Å²) in [5, 5.41) is 0. The van der Waals surface area contributed by atoms with E-state index >= 15 is 0 Å². The second kappa shape index (κ2) is 2.83. The first-order valence-electron chi connectivity index (χ1n) is 4.12. The van der Waals surface area contributed by atoms with Gasteiger partial charge in [0.1, 0.15) is 6.29 Å². The number of carbonyl (C=O) groups excluding carboxylic acids is 1. The molecule has 0 aromatic carbocycles. The predicted molar refractivity (Wildman–Crippen MR) is 46.6 cm³/mol. The van der Waals surface area contributed by atoms with Gasteiger partial charge in [0, 0.05) is 0 Å². The van der Waals surface area contributed by atoms with Gasteiger partial charge in [-0.2, -0.15) is 0 Å². The van der Waals surface area contributed by atoms with Crippen molar-refractivity contribution in [3.8, 4) is 0 Å². The van der Waals surface area contributed by atoms with Gasteiger partial charge in [0.2, 0.25) is 0 Å². The van der Waals surface area contributed by atoms with E-state index in [0.717, 1.165) is 12.7 Å². The Morgan fingerprint density at radius 2 is 2.00 bits per heavy atom. The number of rotatable bonds is 3. The fourth-order valence-corrected chi connectivity index (χ4v) is 3.91. The summed E-state index contributed by atoms with van der Waals surface area (Å²) < 4.78 is 21.8. The molecule has 12 heavy (non-hydrogen) atoms. The Morgan fingerprint density at radius 1 is 1.50 bits per heavy atom. The van der Waals surface area contributed by atoms with Crippen LogP contribution in [0, 0.1) is 11.3 Å². The molecule has 0 N–H and O–H groups in total.